The van der Waals surface area contributed by atoms with Gasteiger partial charge in [0, 0.05) is 0 Å². The van der Waals surface area contributed by atoms with Crippen LogP contribution in [0, 0.1) is 38.5 Å². The monoisotopic (exact) mass is 808 g/mol. The van der Waals surface area contributed by atoms with E-state index in [1.54, 1.807) is 0 Å². The Morgan fingerprint density at radius 2 is 0.309 bits per heavy atom. The van der Waals surface area contributed by atoms with E-state index >= 15 is 0 Å². The normalized spacial score (nSPS) is 11.1. The summed E-state index contributed by atoms with van der Waals surface area (Å²) >= 11 is 0. The fourth-order valence-electron chi connectivity index (χ4n) is 7.49. The van der Waals surface area contributed by atoms with Crippen molar-refractivity contribution >= 4 is 0 Å². The van der Waals surface area contributed by atoms with Crippen molar-refractivity contribution in [2.24, 2.45) is 17.8 Å². The first-order chi connectivity index (χ1) is 26.3. The first-order valence-electron chi connectivity index (χ1n) is 25.7. The van der Waals surface area contributed by atoms with Crippen molar-refractivity contribution in [2.45, 2.75) is 311 Å². The molecule has 55 heavy (non-hydrogen) atoms. The van der Waals surface area contributed by atoms with E-state index in [1.807, 2.05) is 0 Å². The van der Waals surface area contributed by atoms with Crippen LogP contribution in [0.1, 0.15) is 311 Å². The van der Waals surface area contributed by atoms with Crippen molar-refractivity contribution in [3.05, 3.63) is 20.8 Å². The minimum Gasteiger partial charge on any atom is -0.343 e. The molecule has 0 aromatic rings. The van der Waals surface area contributed by atoms with Crippen molar-refractivity contribution < 1.29 is 21.7 Å². The molecule has 1 heteroatoms. The van der Waals surface area contributed by atoms with Crippen molar-refractivity contribution in [1.29, 1.82) is 0 Å². The van der Waals surface area contributed by atoms with Crippen molar-refractivity contribution in [1.82, 2.24) is 0 Å². The van der Waals surface area contributed by atoms with Gasteiger partial charge in [-0.2, -0.15) is 19.3 Å². The Morgan fingerprint density at radius 1 is 0.200 bits per heavy atom. The topological polar surface area (TPSA) is 0 Å². The van der Waals surface area contributed by atoms with Gasteiger partial charge in [0.15, 0.2) is 0 Å². The molecule has 0 fully saturated rings. The van der Waals surface area contributed by atoms with Gasteiger partial charge >= 0.3 is 21.7 Å². The first-order valence-corrected chi connectivity index (χ1v) is 25.7. The van der Waals surface area contributed by atoms with Crippen LogP contribution in [0.3, 0.4) is 0 Å². The van der Waals surface area contributed by atoms with Crippen molar-refractivity contribution in [3.8, 4) is 0 Å². The van der Waals surface area contributed by atoms with E-state index in [9.17, 15) is 0 Å². The summed E-state index contributed by atoms with van der Waals surface area (Å²) in [6, 6.07) is 0. The van der Waals surface area contributed by atoms with Gasteiger partial charge in [-0.15, -0.1) is 0 Å². The summed E-state index contributed by atoms with van der Waals surface area (Å²) in [6.07, 6.45) is 59.7. The Labute approximate surface area is 369 Å². The molecule has 0 saturated carbocycles. The third kappa shape index (κ3) is 72.8. The van der Waals surface area contributed by atoms with Gasteiger partial charge in [-0.3, -0.25) is 0 Å². The second-order valence-corrected chi connectivity index (χ2v) is 18.8. The third-order valence-corrected chi connectivity index (χ3v) is 11.3. The molecule has 0 aliphatic rings. The van der Waals surface area contributed by atoms with E-state index in [4.69, 9.17) is 0 Å². The van der Waals surface area contributed by atoms with Crippen LogP contribution in [-0.4, -0.2) is 0 Å². The Balaban J connectivity index is -0.000000351. The fraction of sp³-hybridized carbons (Fsp3) is 0.944. The molecular formula is C54H111Ti. The number of unbranched alkanes of at least 4 members (excludes halogenated alkanes) is 36. The standard InChI is InChI=1S/3C18H37.Ti/c3*1-4-5-6-7-8-9-10-11-12-13-14-15-16-17-18(2)3;/h3*18H,1,4-17H2,2-3H3;/q3*-1;+3. The Bertz CT molecular complexity index is 499. The van der Waals surface area contributed by atoms with Crippen LogP contribution in [0.25, 0.3) is 0 Å². The van der Waals surface area contributed by atoms with Gasteiger partial charge in [0.25, 0.3) is 0 Å². The number of hydrogen-bond acceptors (Lipinski definition) is 0. The Kier molecular flexibility index (Phi) is 66.9. The summed E-state index contributed by atoms with van der Waals surface area (Å²) < 4.78 is 0. The quantitative estimate of drug-likeness (QED) is 0.0327. The van der Waals surface area contributed by atoms with E-state index in [1.165, 1.54) is 250 Å². The van der Waals surface area contributed by atoms with E-state index in [0.29, 0.717) is 0 Å². The van der Waals surface area contributed by atoms with Crippen LogP contribution in [0.4, 0.5) is 0 Å². The van der Waals surface area contributed by atoms with Gasteiger partial charge in [0.1, 0.15) is 0 Å². The summed E-state index contributed by atoms with van der Waals surface area (Å²) in [6.45, 7) is 25.6. The van der Waals surface area contributed by atoms with Crippen LogP contribution in [0.15, 0.2) is 0 Å². The molecule has 331 valence electrons. The molecule has 0 N–H and O–H groups in total. The zero-order valence-electron chi connectivity index (χ0n) is 40.1. The molecule has 0 heterocycles. The molecule has 0 aliphatic heterocycles. The molecule has 0 nitrogen and oxygen atoms in total. The second kappa shape index (κ2) is 59.0. The van der Waals surface area contributed by atoms with Gasteiger partial charge < -0.3 is 20.8 Å². The van der Waals surface area contributed by atoms with Gasteiger partial charge in [-0.1, -0.05) is 292 Å². The van der Waals surface area contributed by atoms with E-state index in [2.05, 4.69) is 62.3 Å². The summed E-state index contributed by atoms with van der Waals surface area (Å²) in [7, 11) is 0. The SMILES string of the molecule is [CH2-]CCCCCCCCCCCCCCC(C)C.[CH2-]CCCCCCCCCCCCCCC(C)C.[CH2-]CCCCCCCCCCCCCCC(C)C.[Ti+3]. The van der Waals surface area contributed by atoms with Gasteiger partial charge in [0.05, 0.1) is 0 Å². The zero-order valence-corrected chi connectivity index (χ0v) is 41.6. The maximum Gasteiger partial charge on any atom is 3.00 e. The summed E-state index contributed by atoms with van der Waals surface area (Å²) in [5.74, 6) is 2.69. The Hall–Kier alpha value is 0.714. The first kappa shape index (κ1) is 62.4. The van der Waals surface area contributed by atoms with Crippen LogP contribution in [0.5, 0.6) is 0 Å². The smallest absolute Gasteiger partial charge is 0.343 e. The van der Waals surface area contributed by atoms with E-state index < -0.39 is 0 Å². The molecule has 0 aliphatic carbocycles. The summed E-state index contributed by atoms with van der Waals surface area (Å²) in [5.41, 5.74) is 0. The molecule has 0 atom stereocenters. The second-order valence-electron chi connectivity index (χ2n) is 18.8. The van der Waals surface area contributed by atoms with E-state index in [-0.39, 0.29) is 21.7 Å². The maximum absolute atomic E-state index is 3.88. The van der Waals surface area contributed by atoms with Crippen LogP contribution < -0.4 is 0 Å². The summed E-state index contributed by atoms with van der Waals surface area (Å²) in [4.78, 5) is 0. The summed E-state index contributed by atoms with van der Waals surface area (Å²) in [5, 5.41) is 0. The van der Waals surface area contributed by atoms with Gasteiger partial charge in [-0.05, 0) is 17.8 Å². The predicted molar refractivity (Wildman–Crippen MR) is 254 cm³/mol. The molecule has 0 aromatic heterocycles. The molecule has 0 amide bonds. The molecule has 0 bridgehead atoms. The van der Waals surface area contributed by atoms with Gasteiger partial charge in [-0.25, -0.2) is 0 Å². The number of rotatable bonds is 42. The van der Waals surface area contributed by atoms with Crippen molar-refractivity contribution in [2.75, 3.05) is 0 Å². The van der Waals surface area contributed by atoms with Crippen LogP contribution in [-0.2, 0) is 21.7 Å². The largest absolute Gasteiger partial charge is 3.00 e. The molecule has 0 aromatic carbocycles. The minimum atomic E-state index is 0. The van der Waals surface area contributed by atoms with Crippen molar-refractivity contribution in [3.63, 3.8) is 0 Å². The average molecular weight is 808 g/mol. The molecule has 0 spiro atoms. The van der Waals surface area contributed by atoms with Crippen LogP contribution >= 0.6 is 0 Å². The number of hydrogen-bond donors (Lipinski definition) is 0. The minimum absolute atomic E-state index is 0. The molecule has 0 rings (SSSR count). The van der Waals surface area contributed by atoms with Crippen LogP contribution in [0.2, 0.25) is 0 Å². The fourth-order valence-corrected chi connectivity index (χ4v) is 7.49. The molecular weight excluding hydrogens is 696 g/mol. The third-order valence-electron chi connectivity index (χ3n) is 11.3. The molecule has 1 radical (unpaired) electrons. The molecule has 0 unspecified atom stereocenters. The molecule has 0 saturated heterocycles. The average Bonchev–Trinajstić information content (AvgIpc) is 3.14. The zero-order chi connectivity index (χ0) is 40.4. The predicted octanol–water partition coefficient (Wildman–Crippen LogP) is 20.8. The van der Waals surface area contributed by atoms with Gasteiger partial charge in [0.2, 0.25) is 0 Å². The Morgan fingerprint density at radius 3 is 0.418 bits per heavy atom. The van der Waals surface area contributed by atoms with E-state index in [0.717, 1.165) is 37.0 Å². The maximum atomic E-state index is 3.88.